The Bertz CT molecular complexity index is 394. The van der Waals surface area contributed by atoms with Gasteiger partial charge in [0, 0.05) is 13.6 Å². The number of hydrogen-bond acceptors (Lipinski definition) is 4. The van der Waals surface area contributed by atoms with E-state index in [-0.39, 0.29) is 6.61 Å². The van der Waals surface area contributed by atoms with Crippen LogP contribution in [0.15, 0.2) is 30.3 Å². The van der Waals surface area contributed by atoms with E-state index < -0.39 is 12.2 Å². The molecule has 1 aromatic carbocycles. The number of amides is 2. The van der Waals surface area contributed by atoms with E-state index in [4.69, 9.17) is 0 Å². The third kappa shape index (κ3) is 4.73. The summed E-state index contributed by atoms with van der Waals surface area (Å²) in [6.45, 7) is 2.26. The predicted molar refractivity (Wildman–Crippen MR) is 64.5 cm³/mol. The van der Waals surface area contributed by atoms with Crippen LogP contribution in [0.4, 0.5) is 9.59 Å². The van der Waals surface area contributed by atoms with Gasteiger partial charge in [-0.25, -0.2) is 9.59 Å². The Balaban J connectivity index is 2.35. The highest BCUT2D eigenvalue weighted by molar-refractivity contribution is 5.71. The molecular formula is C12H16N2O4. The number of hydrogen-bond donors (Lipinski definition) is 1. The number of benzene rings is 1. The molecule has 0 saturated heterocycles. The summed E-state index contributed by atoms with van der Waals surface area (Å²) in [7, 11) is 1.57. The van der Waals surface area contributed by atoms with Gasteiger partial charge < -0.3 is 14.5 Å². The lowest BCUT2D eigenvalue weighted by atomic mass is 10.2. The molecule has 0 atom stereocenters. The molecule has 0 heterocycles. The molecule has 98 valence electrons. The molecule has 0 aliphatic heterocycles. The number of ether oxygens (including phenoxy) is 1. The molecule has 0 fully saturated rings. The first kappa shape index (κ1) is 13.8. The Morgan fingerprint density at radius 2 is 1.94 bits per heavy atom. The molecule has 1 aromatic rings. The van der Waals surface area contributed by atoms with Crippen molar-refractivity contribution in [3.05, 3.63) is 35.9 Å². The van der Waals surface area contributed by atoms with Crippen molar-refractivity contribution in [2.75, 3.05) is 13.7 Å². The topological polar surface area (TPSA) is 67.9 Å². The Kier molecular flexibility index (Phi) is 5.50. The number of rotatable bonds is 3. The van der Waals surface area contributed by atoms with Gasteiger partial charge in [-0.05, 0) is 12.5 Å². The number of nitrogens with zero attached hydrogens (tertiary/aromatic N) is 1. The van der Waals surface area contributed by atoms with Crippen LogP contribution in [0.25, 0.3) is 0 Å². The van der Waals surface area contributed by atoms with Crippen molar-refractivity contribution in [2.45, 2.75) is 13.5 Å². The normalized spacial score (nSPS) is 9.44. The Labute approximate surface area is 105 Å². The zero-order chi connectivity index (χ0) is 13.4. The molecule has 6 nitrogen and oxygen atoms in total. The van der Waals surface area contributed by atoms with E-state index in [0.717, 1.165) is 5.56 Å². The van der Waals surface area contributed by atoms with Crippen molar-refractivity contribution in [1.29, 1.82) is 0 Å². The zero-order valence-corrected chi connectivity index (χ0v) is 10.4. The fraction of sp³-hybridized carbons (Fsp3) is 0.333. The van der Waals surface area contributed by atoms with Gasteiger partial charge in [0.1, 0.15) is 0 Å². The molecule has 0 aromatic heterocycles. The Morgan fingerprint density at radius 3 is 2.56 bits per heavy atom. The van der Waals surface area contributed by atoms with Crippen LogP contribution in [0.2, 0.25) is 0 Å². The third-order valence-electron chi connectivity index (χ3n) is 2.07. The summed E-state index contributed by atoms with van der Waals surface area (Å²) < 4.78 is 4.54. The average Bonchev–Trinajstić information content (AvgIpc) is 2.37. The van der Waals surface area contributed by atoms with Crippen LogP contribution in [-0.2, 0) is 16.1 Å². The maximum atomic E-state index is 11.5. The first-order valence-electron chi connectivity index (χ1n) is 5.52. The molecular weight excluding hydrogens is 236 g/mol. The average molecular weight is 252 g/mol. The first-order chi connectivity index (χ1) is 8.63. The van der Waals surface area contributed by atoms with Gasteiger partial charge >= 0.3 is 12.2 Å². The second-order valence-corrected chi connectivity index (χ2v) is 3.53. The lowest BCUT2D eigenvalue weighted by Gasteiger charge is -2.16. The molecule has 18 heavy (non-hydrogen) atoms. The monoisotopic (exact) mass is 252 g/mol. The number of carbonyl (C=O) groups excluding carboxylic acids is 2. The minimum absolute atomic E-state index is 0.212. The van der Waals surface area contributed by atoms with E-state index in [1.54, 1.807) is 14.0 Å². The van der Waals surface area contributed by atoms with Gasteiger partial charge in [0.15, 0.2) is 0 Å². The lowest BCUT2D eigenvalue weighted by Crippen LogP contribution is -2.35. The van der Waals surface area contributed by atoms with Crippen molar-refractivity contribution in [1.82, 2.24) is 10.4 Å². The van der Waals surface area contributed by atoms with Crippen molar-refractivity contribution < 1.29 is 19.2 Å². The minimum Gasteiger partial charge on any atom is -0.448 e. The molecule has 0 unspecified atom stereocenters. The SMILES string of the molecule is CCOC(=O)NOC(=O)N(C)Cc1ccccc1. The summed E-state index contributed by atoms with van der Waals surface area (Å²) in [5, 5.41) is 0. The predicted octanol–water partition coefficient (Wildman–Crippen LogP) is 1.92. The van der Waals surface area contributed by atoms with Crippen LogP contribution < -0.4 is 5.48 Å². The van der Waals surface area contributed by atoms with Crippen LogP contribution in [-0.4, -0.2) is 30.7 Å². The maximum Gasteiger partial charge on any atom is 0.440 e. The zero-order valence-electron chi connectivity index (χ0n) is 10.4. The second-order valence-electron chi connectivity index (χ2n) is 3.53. The van der Waals surface area contributed by atoms with Gasteiger partial charge in [-0.2, -0.15) is 0 Å². The van der Waals surface area contributed by atoms with Crippen LogP contribution in [0, 0.1) is 0 Å². The minimum atomic E-state index is -0.793. The van der Waals surface area contributed by atoms with Crippen molar-refractivity contribution >= 4 is 12.2 Å². The molecule has 2 amide bonds. The number of nitrogens with one attached hydrogen (secondary N) is 1. The van der Waals surface area contributed by atoms with Crippen LogP contribution in [0.1, 0.15) is 12.5 Å². The number of carbonyl (C=O) groups is 2. The van der Waals surface area contributed by atoms with Gasteiger partial charge in [-0.3, -0.25) is 0 Å². The van der Waals surface area contributed by atoms with Crippen LogP contribution >= 0.6 is 0 Å². The smallest absolute Gasteiger partial charge is 0.440 e. The molecule has 1 rings (SSSR count). The van der Waals surface area contributed by atoms with Crippen molar-refractivity contribution in [3.8, 4) is 0 Å². The third-order valence-corrected chi connectivity index (χ3v) is 2.07. The molecule has 0 spiro atoms. The molecule has 6 heteroatoms. The fourth-order valence-electron chi connectivity index (χ4n) is 1.25. The van der Waals surface area contributed by atoms with E-state index >= 15 is 0 Å². The molecule has 0 aliphatic carbocycles. The van der Waals surface area contributed by atoms with Crippen LogP contribution in [0.3, 0.4) is 0 Å². The van der Waals surface area contributed by atoms with Gasteiger partial charge in [0.25, 0.3) is 0 Å². The molecule has 0 aliphatic rings. The number of hydroxylamine groups is 1. The summed E-state index contributed by atoms with van der Waals surface area (Å²) in [5.41, 5.74) is 2.86. The van der Waals surface area contributed by atoms with Gasteiger partial charge in [0.2, 0.25) is 0 Å². The summed E-state index contributed by atoms with van der Waals surface area (Å²) in [5.74, 6) is 0. The van der Waals surface area contributed by atoms with Crippen molar-refractivity contribution in [2.24, 2.45) is 0 Å². The fourth-order valence-corrected chi connectivity index (χ4v) is 1.25. The van der Waals surface area contributed by atoms with Gasteiger partial charge in [-0.1, -0.05) is 30.3 Å². The van der Waals surface area contributed by atoms with Gasteiger partial charge in [-0.15, -0.1) is 5.48 Å². The van der Waals surface area contributed by atoms with E-state index in [1.807, 2.05) is 35.8 Å². The largest absolute Gasteiger partial charge is 0.448 e. The Morgan fingerprint density at radius 1 is 1.28 bits per heavy atom. The van der Waals surface area contributed by atoms with Crippen molar-refractivity contribution in [3.63, 3.8) is 0 Å². The van der Waals surface area contributed by atoms with E-state index in [0.29, 0.717) is 6.54 Å². The standard InChI is InChI=1S/C12H16N2O4/c1-3-17-11(15)13-18-12(16)14(2)9-10-7-5-4-6-8-10/h4-8H,3,9H2,1-2H3,(H,13,15). The molecule has 0 bridgehead atoms. The molecule has 0 radical (unpaired) electrons. The van der Waals surface area contributed by atoms with E-state index in [9.17, 15) is 9.59 Å². The highest BCUT2D eigenvalue weighted by Gasteiger charge is 2.12. The second kappa shape index (κ2) is 7.16. The van der Waals surface area contributed by atoms with E-state index in [1.165, 1.54) is 4.90 Å². The highest BCUT2D eigenvalue weighted by Crippen LogP contribution is 2.03. The first-order valence-corrected chi connectivity index (χ1v) is 5.52. The summed E-state index contributed by atoms with van der Waals surface area (Å²) in [6, 6.07) is 9.44. The molecule has 1 N–H and O–H groups in total. The van der Waals surface area contributed by atoms with Gasteiger partial charge in [0.05, 0.1) is 6.61 Å². The lowest BCUT2D eigenvalue weighted by molar-refractivity contribution is 0.0466. The molecule has 0 saturated carbocycles. The quantitative estimate of drug-likeness (QED) is 0.834. The van der Waals surface area contributed by atoms with Crippen LogP contribution in [0.5, 0.6) is 0 Å². The van der Waals surface area contributed by atoms with E-state index in [2.05, 4.69) is 9.57 Å². The highest BCUT2D eigenvalue weighted by atomic mass is 16.7. The Hall–Kier alpha value is -2.24. The summed E-state index contributed by atoms with van der Waals surface area (Å²) >= 11 is 0. The maximum absolute atomic E-state index is 11.5. The summed E-state index contributed by atoms with van der Waals surface area (Å²) in [6.07, 6.45) is -1.45. The summed E-state index contributed by atoms with van der Waals surface area (Å²) in [4.78, 5) is 28.3.